The van der Waals surface area contributed by atoms with Crippen LogP contribution in [0.15, 0.2) is 36.7 Å². The first-order valence-electron chi connectivity index (χ1n) is 8.37. The summed E-state index contributed by atoms with van der Waals surface area (Å²) in [6, 6.07) is 10.1. The van der Waals surface area contributed by atoms with E-state index in [1.165, 1.54) is 6.33 Å². The minimum atomic E-state index is 0.0721. The van der Waals surface area contributed by atoms with Crippen LogP contribution in [0.1, 0.15) is 31.5 Å². The predicted molar refractivity (Wildman–Crippen MR) is 94.5 cm³/mol. The molecule has 1 N–H and O–H groups in total. The molecule has 126 valence electrons. The van der Waals surface area contributed by atoms with Crippen molar-refractivity contribution in [2.45, 2.75) is 39.7 Å². The molecule has 0 saturated heterocycles. The predicted octanol–water partition coefficient (Wildman–Crippen LogP) is 3.26. The average molecular weight is 325 g/mol. The molecule has 2 aromatic heterocycles. The third-order valence-corrected chi connectivity index (χ3v) is 4.02. The van der Waals surface area contributed by atoms with Crippen molar-refractivity contribution in [2.75, 3.05) is 11.9 Å². The Morgan fingerprint density at radius 3 is 2.83 bits per heavy atom. The first kappa shape index (κ1) is 16.2. The zero-order chi connectivity index (χ0) is 16.9. The van der Waals surface area contributed by atoms with Crippen molar-refractivity contribution in [3.63, 3.8) is 0 Å². The lowest BCUT2D eigenvalue weighted by atomic mass is 10.2. The van der Waals surface area contributed by atoms with E-state index >= 15 is 0 Å². The van der Waals surface area contributed by atoms with Crippen molar-refractivity contribution < 1.29 is 4.74 Å². The minimum absolute atomic E-state index is 0.0721. The lowest BCUT2D eigenvalue weighted by molar-refractivity contribution is 0.208. The Balaban J connectivity index is 1.74. The van der Waals surface area contributed by atoms with Gasteiger partial charge in [0.1, 0.15) is 24.0 Å². The highest BCUT2D eigenvalue weighted by atomic mass is 16.5. The van der Waals surface area contributed by atoms with Crippen LogP contribution in [0.25, 0.3) is 5.78 Å². The molecule has 3 aromatic rings. The summed E-state index contributed by atoms with van der Waals surface area (Å²) >= 11 is 0. The van der Waals surface area contributed by atoms with Gasteiger partial charge in [-0.25, -0.2) is 4.98 Å². The lowest BCUT2D eigenvalue weighted by Gasteiger charge is -2.20. The molecule has 6 heteroatoms. The molecule has 6 nitrogen and oxygen atoms in total. The fourth-order valence-electron chi connectivity index (χ4n) is 2.52. The smallest absolute Gasteiger partial charge is 0.254 e. The zero-order valence-electron chi connectivity index (χ0n) is 14.4. The van der Waals surface area contributed by atoms with Gasteiger partial charge in [-0.1, -0.05) is 32.0 Å². The number of aryl methyl sites for hydroxylation is 2. The van der Waals surface area contributed by atoms with Gasteiger partial charge in [-0.15, -0.1) is 0 Å². The van der Waals surface area contributed by atoms with Crippen molar-refractivity contribution >= 4 is 11.6 Å². The standard InChI is InChI=1S/C18H23N5O/c1-4-14-10-17(23-18(22-14)20-12-21-23)19-11-15(5-2)24-16-9-7-6-8-13(16)3/h6-10,12,15,19H,4-5,11H2,1-3H3. The molecule has 0 radical (unpaired) electrons. The highest BCUT2D eigenvalue weighted by Gasteiger charge is 2.12. The second-order valence-electron chi connectivity index (χ2n) is 5.75. The molecule has 0 fully saturated rings. The van der Waals surface area contributed by atoms with Crippen LogP contribution in [0.5, 0.6) is 5.75 Å². The Kier molecular flexibility index (Phi) is 4.93. The van der Waals surface area contributed by atoms with Crippen LogP contribution in [0, 0.1) is 6.92 Å². The van der Waals surface area contributed by atoms with E-state index < -0.39 is 0 Å². The second-order valence-corrected chi connectivity index (χ2v) is 5.75. The van der Waals surface area contributed by atoms with E-state index in [-0.39, 0.29) is 6.10 Å². The zero-order valence-corrected chi connectivity index (χ0v) is 14.4. The van der Waals surface area contributed by atoms with Gasteiger partial charge in [0.15, 0.2) is 0 Å². The maximum Gasteiger partial charge on any atom is 0.254 e. The fraction of sp³-hybridized carbons (Fsp3) is 0.389. The third kappa shape index (κ3) is 3.48. The molecule has 0 spiro atoms. The molecule has 24 heavy (non-hydrogen) atoms. The van der Waals surface area contributed by atoms with Gasteiger partial charge in [-0.05, 0) is 31.4 Å². The Labute approximate surface area is 141 Å². The molecule has 2 heterocycles. The van der Waals surface area contributed by atoms with E-state index in [1.54, 1.807) is 4.52 Å². The number of fused-ring (bicyclic) bond motifs is 1. The number of hydrogen-bond acceptors (Lipinski definition) is 5. The molecule has 3 rings (SSSR count). The number of benzene rings is 1. The van der Waals surface area contributed by atoms with Gasteiger partial charge < -0.3 is 10.1 Å². The Bertz CT molecular complexity index is 814. The number of nitrogens with zero attached hydrogens (tertiary/aromatic N) is 4. The first-order chi connectivity index (χ1) is 11.7. The van der Waals surface area contributed by atoms with E-state index in [0.717, 1.165) is 35.7 Å². The maximum atomic E-state index is 6.14. The van der Waals surface area contributed by atoms with Crippen molar-refractivity contribution in [2.24, 2.45) is 0 Å². The highest BCUT2D eigenvalue weighted by Crippen LogP contribution is 2.19. The van der Waals surface area contributed by atoms with Gasteiger partial charge in [0.05, 0.1) is 6.54 Å². The monoisotopic (exact) mass is 325 g/mol. The van der Waals surface area contributed by atoms with Crippen LogP contribution in [-0.2, 0) is 6.42 Å². The Hall–Kier alpha value is -2.63. The largest absolute Gasteiger partial charge is 0.488 e. The van der Waals surface area contributed by atoms with E-state index in [9.17, 15) is 0 Å². The first-order valence-corrected chi connectivity index (χ1v) is 8.37. The molecule has 1 atom stereocenters. The van der Waals surface area contributed by atoms with Crippen LogP contribution < -0.4 is 10.1 Å². The number of anilines is 1. The molecule has 0 aliphatic carbocycles. The summed E-state index contributed by atoms with van der Waals surface area (Å²) < 4.78 is 7.86. The van der Waals surface area contributed by atoms with E-state index in [0.29, 0.717) is 12.3 Å². The van der Waals surface area contributed by atoms with Gasteiger partial charge in [0.25, 0.3) is 5.78 Å². The van der Waals surface area contributed by atoms with Crippen LogP contribution in [0.2, 0.25) is 0 Å². The highest BCUT2D eigenvalue weighted by molar-refractivity contribution is 5.45. The molecular formula is C18H23N5O. The summed E-state index contributed by atoms with van der Waals surface area (Å²) in [7, 11) is 0. The minimum Gasteiger partial charge on any atom is -0.488 e. The number of ether oxygens (including phenoxy) is 1. The van der Waals surface area contributed by atoms with Gasteiger partial charge in [-0.2, -0.15) is 14.6 Å². The van der Waals surface area contributed by atoms with E-state index in [2.05, 4.69) is 47.2 Å². The van der Waals surface area contributed by atoms with Crippen molar-refractivity contribution in [1.29, 1.82) is 0 Å². The summed E-state index contributed by atoms with van der Waals surface area (Å²) in [4.78, 5) is 8.64. The summed E-state index contributed by atoms with van der Waals surface area (Å²) in [6.45, 7) is 6.95. The summed E-state index contributed by atoms with van der Waals surface area (Å²) in [5.41, 5.74) is 2.14. The van der Waals surface area contributed by atoms with Crippen LogP contribution in [0.4, 0.5) is 5.82 Å². The van der Waals surface area contributed by atoms with Gasteiger partial charge >= 0.3 is 0 Å². The molecule has 0 aliphatic rings. The second kappa shape index (κ2) is 7.29. The molecule has 0 aliphatic heterocycles. The molecular weight excluding hydrogens is 302 g/mol. The van der Waals surface area contributed by atoms with Crippen molar-refractivity contribution in [3.05, 3.63) is 47.9 Å². The van der Waals surface area contributed by atoms with Gasteiger partial charge in [0.2, 0.25) is 0 Å². The molecule has 1 aromatic carbocycles. The summed E-state index contributed by atoms with van der Waals surface area (Å²) in [5, 5.41) is 7.67. The van der Waals surface area contributed by atoms with Gasteiger partial charge in [-0.3, -0.25) is 0 Å². The fourth-order valence-corrected chi connectivity index (χ4v) is 2.52. The normalized spacial score (nSPS) is 12.3. The van der Waals surface area contributed by atoms with Crippen LogP contribution in [0.3, 0.4) is 0 Å². The SMILES string of the molecule is CCc1cc(NCC(CC)Oc2ccccc2C)n2ncnc2n1. The Morgan fingerprint density at radius 2 is 2.08 bits per heavy atom. The van der Waals surface area contributed by atoms with Crippen molar-refractivity contribution in [1.82, 2.24) is 19.6 Å². The molecule has 1 unspecified atom stereocenters. The quantitative estimate of drug-likeness (QED) is 0.722. The van der Waals surface area contributed by atoms with Gasteiger partial charge in [0, 0.05) is 11.8 Å². The topological polar surface area (TPSA) is 64.3 Å². The Morgan fingerprint density at radius 1 is 1.25 bits per heavy atom. The molecule has 0 amide bonds. The third-order valence-electron chi connectivity index (χ3n) is 4.02. The van der Waals surface area contributed by atoms with Crippen LogP contribution in [-0.4, -0.2) is 32.2 Å². The molecule has 0 bridgehead atoms. The van der Waals surface area contributed by atoms with Crippen LogP contribution >= 0.6 is 0 Å². The lowest BCUT2D eigenvalue weighted by Crippen LogP contribution is -2.26. The number of nitrogens with one attached hydrogen (secondary N) is 1. The molecule has 0 saturated carbocycles. The van der Waals surface area contributed by atoms with Crippen molar-refractivity contribution in [3.8, 4) is 5.75 Å². The average Bonchev–Trinajstić information content (AvgIpc) is 3.08. The summed E-state index contributed by atoms with van der Waals surface area (Å²) in [5.74, 6) is 2.44. The number of rotatable bonds is 7. The maximum absolute atomic E-state index is 6.14. The number of hydrogen-bond donors (Lipinski definition) is 1. The van der Waals surface area contributed by atoms with E-state index in [4.69, 9.17) is 4.74 Å². The summed E-state index contributed by atoms with van der Waals surface area (Å²) in [6.07, 6.45) is 3.36. The number of para-hydroxylation sites is 1. The number of aromatic nitrogens is 4. The van der Waals surface area contributed by atoms with E-state index in [1.807, 2.05) is 24.3 Å².